The van der Waals surface area contributed by atoms with Gasteiger partial charge in [0, 0.05) is 24.7 Å². The van der Waals surface area contributed by atoms with E-state index < -0.39 is 0 Å². The number of nitrogens with one attached hydrogen (secondary N) is 1. The molecule has 0 bridgehead atoms. The second kappa shape index (κ2) is 8.74. The molecule has 1 aromatic carbocycles. The highest BCUT2D eigenvalue weighted by Crippen LogP contribution is 2.39. The SMILES string of the molecule is CCN(C)CC(C)NCc1ccc(OC)c(OC)c1OC. The summed E-state index contributed by atoms with van der Waals surface area (Å²) in [6.45, 7) is 7.11. The number of hydrogen-bond acceptors (Lipinski definition) is 5. The van der Waals surface area contributed by atoms with Gasteiger partial charge in [-0.05, 0) is 26.6 Å². The highest BCUT2D eigenvalue weighted by atomic mass is 16.5. The number of ether oxygens (including phenoxy) is 3. The number of rotatable bonds is 9. The van der Waals surface area contributed by atoms with E-state index >= 15 is 0 Å². The number of hydrogen-bond donors (Lipinski definition) is 1. The Morgan fingerprint density at radius 1 is 1.10 bits per heavy atom. The van der Waals surface area contributed by atoms with Crippen LogP contribution in [0.15, 0.2) is 12.1 Å². The van der Waals surface area contributed by atoms with Gasteiger partial charge in [-0.1, -0.05) is 13.0 Å². The molecule has 5 nitrogen and oxygen atoms in total. The first kappa shape index (κ1) is 17.6. The van der Waals surface area contributed by atoms with Gasteiger partial charge in [-0.15, -0.1) is 0 Å². The van der Waals surface area contributed by atoms with Crippen LogP contribution in [0.5, 0.6) is 17.2 Å². The van der Waals surface area contributed by atoms with E-state index in [1.54, 1.807) is 21.3 Å². The number of benzene rings is 1. The molecule has 1 unspecified atom stereocenters. The molecule has 0 saturated heterocycles. The molecular formula is C16H28N2O3. The molecule has 0 fully saturated rings. The molecule has 0 aliphatic carbocycles. The minimum Gasteiger partial charge on any atom is -0.493 e. The lowest BCUT2D eigenvalue weighted by Gasteiger charge is -2.22. The Bertz CT molecular complexity index is 438. The molecule has 1 rings (SSSR count). The molecule has 5 heteroatoms. The first-order chi connectivity index (χ1) is 10.1. The second-order valence-electron chi connectivity index (χ2n) is 5.13. The molecule has 0 aliphatic rings. The Kier molecular flexibility index (Phi) is 7.32. The van der Waals surface area contributed by atoms with Crippen molar-refractivity contribution in [1.29, 1.82) is 0 Å². The molecule has 0 saturated carbocycles. The summed E-state index contributed by atoms with van der Waals surface area (Å²) in [6, 6.07) is 4.30. The van der Waals surface area contributed by atoms with Crippen molar-refractivity contribution >= 4 is 0 Å². The molecule has 21 heavy (non-hydrogen) atoms. The van der Waals surface area contributed by atoms with Crippen molar-refractivity contribution < 1.29 is 14.2 Å². The molecule has 0 aromatic heterocycles. The van der Waals surface area contributed by atoms with Crippen LogP contribution < -0.4 is 19.5 Å². The monoisotopic (exact) mass is 296 g/mol. The molecule has 0 radical (unpaired) electrons. The zero-order valence-corrected chi connectivity index (χ0v) is 14.0. The van der Waals surface area contributed by atoms with E-state index in [4.69, 9.17) is 14.2 Å². The minimum atomic E-state index is 0.396. The van der Waals surface area contributed by atoms with E-state index in [1.165, 1.54) is 0 Å². The van der Waals surface area contributed by atoms with Gasteiger partial charge >= 0.3 is 0 Å². The predicted molar refractivity (Wildman–Crippen MR) is 85.6 cm³/mol. The fourth-order valence-corrected chi connectivity index (χ4v) is 2.25. The normalized spacial score (nSPS) is 12.3. The van der Waals surface area contributed by atoms with Crippen molar-refractivity contribution in [3.63, 3.8) is 0 Å². The minimum absolute atomic E-state index is 0.396. The lowest BCUT2D eigenvalue weighted by molar-refractivity contribution is 0.305. The summed E-state index contributed by atoms with van der Waals surface area (Å²) in [5.74, 6) is 2.04. The van der Waals surface area contributed by atoms with Gasteiger partial charge in [0.2, 0.25) is 5.75 Å². The molecule has 0 spiro atoms. The third kappa shape index (κ3) is 4.79. The Balaban J connectivity index is 2.79. The van der Waals surface area contributed by atoms with Crippen LogP contribution in [0.4, 0.5) is 0 Å². The highest BCUT2D eigenvalue weighted by molar-refractivity contribution is 5.55. The van der Waals surface area contributed by atoms with Crippen molar-refractivity contribution in [2.75, 3.05) is 41.5 Å². The Hall–Kier alpha value is -1.46. The van der Waals surface area contributed by atoms with Crippen LogP contribution in [0.2, 0.25) is 0 Å². The van der Waals surface area contributed by atoms with Crippen LogP contribution in [-0.2, 0) is 6.54 Å². The van der Waals surface area contributed by atoms with Gasteiger partial charge in [0.25, 0.3) is 0 Å². The topological polar surface area (TPSA) is 43.0 Å². The van der Waals surface area contributed by atoms with Crippen molar-refractivity contribution in [3.8, 4) is 17.2 Å². The van der Waals surface area contributed by atoms with E-state index in [1.807, 2.05) is 12.1 Å². The summed E-state index contributed by atoms with van der Waals surface area (Å²) < 4.78 is 16.2. The van der Waals surface area contributed by atoms with Crippen molar-refractivity contribution in [2.45, 2.75) is 26.4 Å². The molecular weight excluding hydrogens is 268 g/mol. The largest absolute Gasteiger partial charge is 0.493 e. The summed E-state index contributed by atoms with van der Waals surface area (Å²) in [6.07, 6.45) is 0. The first-order valence-corrected chi connectivity index (χ1v) is 7.27. The summed E-state index contributed by atoms with van der Waals surface area (Å²) >= 11 is 0. The average Bonchev–Trinajstić information content (AvgIpc) is 2.51. The fraction of sp³-hybridized carbons (Fsp3) is 0.625. The van der Waals surface area contributed by atoms with E-state index in [-0.39, 0.29) is 0 Å². The second-order valence-corrected chi connectivity index (χ2v) is 5.13. The Labute approximate surface area is 128 Å². The molecule has 1 N–H and O–H groups in total. The first-order valence-electron chi connectivity index (χ1n) is 7.27. The molecule has 1 aromatic rings. The van der Waals surface area contributed by atoms with Gasteiger partial charge in [-0.2, -0.15) is 0 Å². The summed E-state index contributed by atoms with van der Waals surface area (Å²) in [7, 11) is 7.01. The maximum absolute atomic E-state index is 5.49. The van der Waals surface area contributed by atoms with Gasteiger partial charge in [0.05, 0.1) is 21.3 Å². The van der Waals surface area contributed by atoms with Gasteiger partial charge < -0.3 is 24.4 Å². The third-order valence-corrected chi connectivity index (χ3v) is 3.55. The van der Waals surface area contributed by atoms with E-state index in [9.17, 15) is 0 Å². The van der Waals surface area contributed by atoms with E-state index in [0.717, 1.165) is 30.9 Å². The highest BCUT2D eigenvalue weighted by Gasteiger charge is 2.16. The maximum atomic E-state index is 5.49. The third-order valence-electron chi connectivity index (χ3n) is 3.55. The van der Waals surface area contributed by atoms with Gasteiger partial charge in [0.15, 0.2) is 11.5 Å². The standard InChI is InChI=1S/C16H28N2O3/c1-7-18(3)11-12(2)17-10-13-8-9-14(19-4)16(21-6)15(13)20-5/h8-9,12,17H,7,10-11H2,1-6H3. The van der Waals surface area contributed by atoms with Crippen molar-refractivity contribution in [2.24, 2.45) is 0 Å². The molecule has 1 atom stereocenters. The van der Waals surface area contributed by atoms with Gasteiger partial charge in [0.1, 0.15) is 0 Å². The quantitative estimate of drug-likeness (QED) is 0.756. The van der Waals surface area contributed by atoms with Crippen molar-refractivity contribution in [3.05, 3.63) is 17.7 Å². The lowest BCUT2D eigenvalue weighted by atomic mass is 10.1. The van der Waals surface area contributed by atoms with Gasteiger partial charge in [-0.3, -0.25) is 0 Å². The van der Waals surface area contributed by atoms with Crippen LogP contribution in [-0.4, -0.2) is 52.4 Å². The van der Waals surface area contributed by atoms with Crippen LogP contribution in [0.1, 0.15) is 19.4 Å². The lowest BCUT2D eigenvalue weighted by Crippen LogP contribution is -2.37. The smallest absolute Gasteiger partial charge is 0.203 e. The molecule has 120 valence electrons. The van der Waals surface area contributed by atoms with E-state index in [0.29, 0.717) is 17.5 Å². The number of nitrogens with zero attached hydrogens (tertiary/aromatic N) is 1. The number of methoxy groups -OCH3 is 3. The van der Waals surface area contributed by atoms with Crippen LogP contribution in [0.25, 0.3) is 0 Å². The van der Waals surface area contributed by atoms with Crippen LogP contribution >= 0.6 is 0 Å². The fourth-order valence-electron chi connectivity index (χ4n) is 2.25. The van der Waals surface area contributed by atoms with Crippen molar-refractivity contribution in [1.82, 2.24) is 10.2 Å². The number of likely N-dealkylation sites (N-methyl/N-ethyl adjacent to an activating group) is 1. The average molecular weight is 296 g/mol. The Morgan fingerprint density at radius 3 is 2.29 bits per heavy atom. The molecule has 0 heterocycles. The molecule has 0 amide bonds. The summed E-state index contributed by atoms with van der Waals surface area (Å²) in [5, 5.41) is 3.51. The summed E-state index contributed by atoms with van der Waals surface area (Å²) in [5.41, 5.74) is 1.06. The van der Waals surface area contributed by atoms with Gasteiger partial charge in [-0.25, -0.2) is 0 Å². The van der Waals surface area contributed by atoms with Crippen LogP contribution in [0.3, 0.4) is 0 Å². The Morgan fingerprint density at radius 2 is 1.76 bits per heavy atom. The zero-order chi connectivity index (χ0) is 15.8. The predicted octanol–water partition coefficient (Wildman–Crippen LogP) is 2.14. The zero-order valence-electron chi connectivity index (χ0n) is 14.0. The maximum Gasteiger partial charge on any atom is 0.203 e. The molecule has 0 aliphatic heterocycles. The summed E-state index contributed by atoms with van der Waals surface area (Å²) in [4.78, 5) is 2.28. The van der Waals surface area contributed by atoms with Crippen LogP contribution in [0, 0.1) is 0 Å². The van der Waals surface area contributed by atoms with E-state index in [2.05, 4.69) is 31.1 Å².